The van der Waals surface area contributed by atoms with Crippen molar-refractivity contribution in [1.82, 2.24) is 20.4 Å². The lowest BCUT2D eigenvalue weighted by molar-refractivity contribution is -0.132. The number of carbonyl (C=O) groups is 3. The summed E-state index contributed by atoms with van der Waals surface area (Å²) in [7, 11) is 1.64. The number of nitrogens with one attached hydrogen (secondary N) is 2. The third-order valence-electron chi connectivity index (χ3n) is 4.63. The van der Waals surface area contributed by atoms with Crippen molar-refractivity contribution in [2.24, 2.45) is 0 Å². The molecule has 138 valence electrons. The summed E-state index contributed by atoms with van der Waals surface area (Å²) in [4.78, 5) is 40.3. The van der Waals surface area contributed by atoms with Crippen LogP contribution in [0.5, 0.6) is 0 Å². The van der Waals surface area contributed by atoms with Gasteiger partial charge in [-0.3, -0.25) is 14.5 Å². The summed E-state index contributed by atoms with van der Waals surface area (Å²) in [6.45, 7) is 5.96. The molecule has 0 radical (unpaired) electrons. The third kappa shape index (κ3) is 3.29. The highest BCUT2D eigenvalue weighted by Gasteiger charge is 2.43. The summed E-state index contributed by atoms with van der Waals surface area (Å²) in [5, 5.41) is 5.68. The van der Waals surface area contributed by atoms with E-state index in [1.807, 2.05) is 45.0 Å². The summed E-state index contributed by atoms with van der Waals surface area (Å²) >= 11 is 0. The molecule has 2 aliphatic rings. The zero-order valence-electron chi connectivity index (χ0n) is 15.5. The Kier molecular flexibility index (Phi) is 4.71. The van der Waals surface area contributed by atoms with Crippen LogP contribution in [0, 0.1) is 6.92 Å². The van der Waals surface area contributed by atoms with E-state index in [9.17, 15) is 14.4 Å². The Morgan fingerprint density at radius 1 is 1.27 bits per heavy atom. The van der Waals surface area contributed by atoms with Crippen molar-refractivity contribution in [2.75, 3.05) is 20.1 Å². The molecule has 7 heteroatoms. The lowest BCUT2D eigenvalue weighted by atomic mass is 9.95. The maximum absolute atomic E-state index is 13.0. The normalized spacial score (nSPS) is 19.8. The predicted molar refractivity (Wildman–Crippen MR) is 97.1 cm³/mol. The monoisotopic (exact) mass is 356 g/mol. The number of rotatable bonds is 4. The quantitative estimate of drug-likeness (QED) is 0.853. The zero-order valence-corrected chi connectivity index (χ0v) is 15.5. The highest BCUT2D eigenvalue weighted by Crippen LogP contribution is 2.35. The van der Waals surface area contributed by atoms with Gasteiger partial charge in [0, 0.05) is 13.1 Å². The van der Waals surface area contributed by atoms with Gasteiger partial charge in [0.1, 0.15) is 6.54 Å². The molecule has 3 rings (SSSR count). The second-order valence-corrected chi connectivity index (χ2v) is 7.10. The van der Waals surface area contributed by atoms with Gasteiger partial charge >= 0.3 is 6.03 Å². The first kappa shape index (κ1) is 18.0. The van der Waals surface area contributed by atoms with Gasteiger partial charge in [0.05, 0.1) is 23.9 Å². The average Bonchev–Trinajstić information content (AvgIpc) is 2.88. The topological polar surface area (TPSA) is 81.8 Å². The molecule has 0 aliphatic carbocycles. The second kappa shape index (κ2) is 6.82. The van der Waals surface area contributed by atoms with Crippen molar-refractivity contribution in [2.45, 2.75) is 32.9 Å². The first-order chi connectivity index (χ1) is 12.3. The molecular weight excluding hydrogens is 332 g/mol. The lowest BCUT2D eigenvalue weighted by Gasteiger charge is -2.31. The van der Waals surface area contributed by atoms with Gasteiger partial charge in [-0.15, -0.1) is 0 Å². The molecule has 2 aliphatic heterocycles. The molecule has 2 heterocycles. The fraction of sp³-hybridized carbons (Fsp3) is 0.421. The van der Waals surface area contributed by atoms with E-state index < -0.39 is 6.04 Å². The Bertz CT molecular complexity index is 782. The van der Waals surface area contributed by atoms with Crippen LogP contribution in [0.3, 0.4) is 0 Å². The summed E-state index contributed by atoms with van der Waals surface area (Å²) in [6, 6.07) is 6.99. The molecular formula is C19H24N4O3. The van der Waals surface area contributed by atoms with Crippen LogP contribution in [-0.2, 0) is 9.59 Å². The maximum Gasteiger partial charge on any atom is 0.322 e. The molecule has 1 unspecified atom stereocenters. The molecule has 0 bridgehead atoms. The van der Waals surface area contributed by atoms with Crippen LogP contribution in [0.4, 0.5) is 4.79 Å². The van der Waals surface area contributed by atoms with E-state index in [-0.39, 0.29) is 37.0 Å². The minimum Gasteiger partial charge on any atom is -0.352 e. The molecule has 1 aromatic carbocycles. The summed E-state index contributed by atoms with van der Waals surface area (Å²) in [5.74, 6) is -0.418. The number of carbonyl (C=O) groups excluding carboxylic acids is 3. The minimum atomic E-state index is -0.500. The Hall–Kier alpha value is -2.83. The molecule has 0 fully saturated rings. The van der Waals surface area contributed by atoms with Crippen molar-refractivity contribution >= 4 is 17.8 Å². The van der Waals surface area contributed by atoms with Crippen LogP contribution in [-0.4, -0.2) is 53.8 Å². The minimum absolute atomic E-state index is 0.00835. The number of hydrogen-bond acceptors (Lipinski definition) is 3. The number of nitrogens with zero attached hydrogens (tertiary/aromatic N) is 2. The van der Waals surface area contributed by atoms with Gasteiger partial charge in [-0.2, -0.15) is 0 Å². The second-order valence-electron chi connectivity index (χ2n) is 7.10. The van der Waals surface area contributed by atoms with Gasteiger partial charge < -0.3 is 15.5 Å². The van der Waals surface area contributed by atoms with Crippen LogP contribution in [0.1, 0.15) is 31.0 Å². The van der Waals surface area contributed by atoms with Gasteiger partial charge in [-0.05, 0) is 26.3 Å². The summed E-state index contributed by atoms with van der Waals surface area (Å²) in [5.41, 5.74) is 3.15. The van der Waals surface area contributed by atoms with Crippen molar-refractivity contribution < 1.29 is 14.4 Å². The average molecular weight is 356 g/mol. The van der Waals surface area contributed by atoms with Gasteiger partial charge in [0.15, 0.2) is 0 Å². The van der Waals surface area contributed by atoms with Crippen molar-refractivity contribution in [3.8, 4) is 0 Å². The first-order valence-corrected chi connectivity index (χ1v) is 8.70. The van der Waals surface area contributed by atoms with Gasteiger partial charge in [0.2, 0.25) is 5.91 Å². The van der Waals surface area contributed by atoms with E-state index in [1.165, 1.54) is 9.80 Å². The van der Waals surface area contributed by atoms with Gasteiger partial charge in [-0.25, -0.2) is 4.79 Å². The molecule has 1 atom stereocenters. The van der Waals surface area contributed by atoms with Gasteiger partial charge in [-0.1, -0.05) is 29.8 Å². The van der Waals surface area contributed by atoms with Crippen LogP contribution in [0.15, 0.2) is 35.5 Å². The number of likely N-dealkylation sites (N-methyl/N-ethyl adjacent to an activating group) is 1. The number of hydrogen-bond donors (Lipinski definition) is 2. The number of aryl methyl sites for hydroxylation is 1. The maximum atomic E-state index is 13.0. The Morgan fingerprint density at radius 3 is 2.54 bits per heavy atom. The van der Waals surface area contributed by atoms with E-state index in [2.05, 4.69) is 10.6 Å². The van der Waals surface area contributed by atoms with E-state index in [0.29, 0.717) is 11.3 Å². The Morgan fingerprint density at radius 2 is 1.92 bits per heavy atom. The van der Waals surface area contributed by atoms with E-state index in [0.717, 1.165) is 11.1 Å². The number of amides is 4. The van der Waals surface area contributed by atoms with Crippen LogP contribution < -0.4 is 10.6 Å². The van der Waals surface area contributed by atoms with Crippen molar-refractivity contribution in [3.05, 3.63) is 46.7 Å². The van der Waals surface area contributed by atoms with Crippen LogP contribution in [0.2, 0.25) is 0 Å². The first-order valence-electron chi connectivity index (χ1n) is 8.70. The van der Waals surface area contributed by atoms with Crippen molar-refractivity contribution in [1.29, 1.82) is 0 Å². The SMILES string of the molecule is Cc1ccc(C2NC(=O)N(C)C3=C2C(=O)N(CC(=O)NC(C)C)C3)cc1. The zero-order chi connectivity index (χ0) is 19.0. The molecule has 2 N–H and O–H groups in total. The van der Waals surface area contributed by atoms with Crippen LogP contribution in [0.25, 0.3) is 0 Å². The fourth-order valence-electron chi connectivity index (χ4n) is 3.30. The predicted octanol–water partition coefficient (Wildman–Crippen LogP) is 1.31. The lowest BCUT2D eigenvalue weighted by Crippen LogP contribution is -2.45. The summed E-state index contributed by atoms with van der Waals surface area (Å²) < 4.78 is 0. The third-order valence-corrected chi connectivity index (χ3v) is 4.63. The van der Waals surface area contributed by atoms with Crippen LogP contribution >= 0.6 is 0 Å². The summed E-state index contributed by atoms with van der Waals surface area (Å²) in [6.07, 6.45) is 0. The van der Waals surface area contributed by atoms with E-state index >= 15 is 0 Å². The number of urea groups is 1. The molecule has 0 spiro atoms. The largest absolute Gasteiger partial charge is 0.352 e. The molecule has 0 saturated carbocycles. The Labute approximate surface area is 153 Å². The smallest absolute Gasteiger partial charge is 0.322 e. The van der Waals surface area contributed by atoms with E-state index in [4.69, 9.17) is 0 Å². The molecule has 7 nitrogen and oxygen atoms in total. The Balaban J connectivity index is 1.88. The highest BCUT2D eigenvalue weighted by molar-refractivity contribution is 6.02. The molecule has 1 aromatic rings. The molecule has 26 heavy (non-hydrogen) atoms. The number of benzene rings is 1. The van der Waals surface area contributed by atoms with Gasteiger partial charge in [0.25, 0.3) is 5.91 Å². The molecule has 0 aromatic heterocycles. The highest BCUT2D eigenvalue weighted by atomic mass is 16.2. The van der Waals surface area contributed by atoms with E-state index in [1.54, 1.807) is 7.05 Å². The van der Waals surface area contributed by atoms with Crippen molar-refractivity contribution in [3.63, 3.8) is 0 Å². The molecule has 0 saturated heterocycles. The fourth-order valence-corrected chi connectivity index (χ4v) is 3.30. The molecule has 4 amide bonds. The standard InChI is InChI=1S/C19H24N4O3/c1-11(2)20-15(24)10-23-9-14-16(18(23)25)17(21-19(26)22(14)4)13-7-5-12(3)6-8-13/h5-8,11,17H,9-10H2,1-4H3,(H,20,24)(H,21,26).